The van der Waals surface area contributed by atoms with Gasteiger partial charge in [-0.3, -0.25) is 0 Å². The third-order valence-corrected chi connectivity index (χ3v) is 3.51. The highest BCUT2D eigenvalue weighted by molar-refractivity contribution is 6.30. The molecular weight excluding hydrogens is 379 g/mol. The van der Waals surface area contributed by atoms with Gasteiger partial charge in [0.25, 0.3) is 0 Å². The molecule has 25 heavy (non-hydrogen) atoms. The highest BCUT2D eigenvalue weighted by atomic mass is 35.5. The van der Waals surface area contributed by atoms with Crippen LogP contribution in [0.4, 0.5) is 30.7 Å². The molecule has 0 spiro atoms. The van der Waals surface area contributed by atoms with Crippen molar-refractivity contribution in [2.45, 2.75) is 18.6 Å². The molecule has 2 aromatic carbocycles. The molecule has 2 N–H and O–H groups in total. The van der Waals surface area contributed by atoms with E-state index in [1.165, 1.54) is 0 Å². The molecule has 0 aliphatic heterocycles. The van der Waals surface area contributed by atoms with E-state index in [1.807, 2.05) is 0 Å². The van der Waals surface area contributed by atoms with Crippen molar-refractivity contribution in [1.29, 1.82) is 0 Å². The van der Waals surface area contributed by atoms with Crippen molar-refractivity contribution in [3.63, 3.8) is 0 Å². The molecule has 0 aromatic heterocycles. The average Bonchev–Trinajstić information content (AvgIpc) is 2.47. The molecule has 0 aliphatic rings. The second-order valence-electron chi connectivity index (χ2n) is 4.91. The maximum Gasteiger partial charge on any atom is 0.573 e. The fourth-order valence-corrected chi connectivity index (χ4v) is 2.33. The van der Waals surface area contributed by atoms with Gasteiger partial charge in [0.15, 0.2) is 0 Å². The Balaban J connectivity index is 2.44. The Labute approximate surface area is 141 Å². The van der Waals surface area contributed by atoms with Crippen molar-refractivity contribution in [2.24, 2.45) is 5.73 Å². The Bertz CT molecular complexity index is 756. The Morgan fingerprint density at radius 1 is 0.920 bits per heavy atom. The van der Waals surface area contributed by atoms with Crippen molar-refractivity contribution in [1.82, 2.24) is 0 Å². The van der Waals surface area contributed by atoms with E-state index >= 15 is 0 Å². The van der Waals surface area contributed by atoms with Crippen LogP contribution in [0.3, 0.4) is 0 Å². The van der Waals surface area contributed by atoms with Crippen molar-refractivity contribution in [3.8, 4) is 5.75 Å². The predicted octanol–water partition coefficient (Wildman–Crippen LogP) is 5.44. The highest BCUT2D eigenvalue weighted by Gasteiger charge is 2.37. The number of alkyl halides is 6. The molecule has 0 bridgehead atoms. The summed E-state index contributed by atoms with van der Waals surface area (Å²) < 4.78 is 93.4. The zero-order valence-corrected chi connectivity index (χ0v) is 12.8. The topological polar surface area (TPSA) is 35.2 Å². The van der Waals surface area contributed by atoms with Gasteiger partial charge in [0, 0.05) is 5.56 Å². The summed E-state index contributed by atoms with van der Waals surface area (Å²) in [7, 11) is 0. The predicted molar refractivity (Wildman–Crippen MR) is 75.6 cm³/mol. The number of ether oxygens (including phenoxy) is 1. The largest absolute Gasteiger partial charge is 0.573 e. The van der Waals surface area contributed by atoms with Gasteiger partial charge in [0.2, 0.25) is 0 Å². The lowest BCUT2D eigenvalue weighted by atomic mass is 9.94. The summed E-state index contributed by atoms with van der Waals surface area (Å²) in [6, 6.07) is 3.46. The smallest absolute Gasteiger partial charge is 0.406 e. The molecular formula is C15H9ClF7NO. The molecule has 0 saturated carbocycles. The maximum absolute atomic E-state index is 14.1. The van der Waals surface area contributed by atoms with Crippen molar-refractivity contribution < 1.29 is 35.5 Å². The van der Waals surface area contributed by atoms with Crippen molar-refractivity contribution >= 4 is 11.6 Å². The van der Waals surface area contributed by atoms with Crippen LogP contribution in [0.25, 0.3) is 0 Å². The molecule has 0 amide bonds. The molecule has 0 heterocycles. The fraction of sp³-hybridized carbons (Fsp3) is 0.200. The number of hydrogen-bond donors (Lipinski definition) is 1. The number of halogens is 8. The van der Waals surface area contributed by atoms with Crippen LogP contribution in [0.5, 0.6) is 5.75 Å². The van der Waals surface area contributed by atoms with E-state index in [1.54, 1.807) is 0 Å². The van der Waals surface area contributed by atoms with Gasteiger partial charge >= 0.3 is 12.5 Å². The normalized spacial score (nSPS) is 13.6. The van der Waals surface area contributed by atoms with Crippen LogP contribution in [-0.2, 0) is 6.18 Å². The average molecular weight is 388 g/mol. The van der Waals surface area contributed by atoms with Crippen LogP contribution in [0.2, 0.25) is 5.02 Å². The fourth-order valence-electron chi connectivity index (χ4n) is 2.16. The van der Waals surface area contributed by atoms with Crippen molar-refractivity contribution in [2.75, 3.05) is 0 Å². The lowest BCUT2D eigenvalue weighted by Crippen LogP contribution is -2.21. The first-order chi connectivity index (χ1) is 11.4. The van der Waals surface area contributed by atoms with Crippen LogP contribution in [0, 0.1) is 5.82 Å². The molecule has 136 valence electrons. The van der Waals surface area contributed by atoms with E-state index in [4.69, 9.17) is 17.3 Å². The minimum absolute atomic E-state index is 0.0545. The summed E-state index contributed by atoms with van der Waals surface area (Å²) in [5.41, 5.74) is 3.42. The zero-order chi connectivity index (χ0) is 19.0. The van der Waals surface area contributed by atoms with E-state index in [0.29, 0.717) is 6.07 Å². The number of nitrogens with two attached hydrogens (primary N) is 1. The standard InChI is InChI=1S/C15H9ClF7NO/c16-10-6-5-9(14(18,19)20)11(12(10)17)13(24)7-1-3-8(4-2-7)25-15(21,22)23/h1-6,13H,24H2/t13-/m1/s1. The number of hydrogen-bond acceptors (Lipinski definition) is 2. The van der Waals surface area contributed by atoms with E-state index in [9.17, 15) is 30.7 Å². The summed E-state index contributed by atoms with van der Waals surface area (Å²) in [6.07, 6.45) is -9.82. The molecule has 0 unspecified atom stereocenters. The first-order valence-electron chi connectivity index (χ1n) is 6.56. The minimum Gasteiger partial charge on any atom is -0.406 e. The molecule has 2 nitrogen and oxygen atoms in total. The van der Waals surface area contributed by atoms with Gasteiger partial charge < -0.3 is 10.5 Å². The Kier molecular flexibility index (Phi) is 5.19. The summed E-state index contributed by atoms with van der Waals surface area (Å²) in [5.74, 6) is -1.94. The Morgan fingerprint density at radius 2 is 1.48 bits per heavy atom. The second kappa shape index (κ2) is 6.72. The van der Waals surface area contributed by atoms with E-state index < -0.39 is 46.3 Å². The summed E-state index contributed by atoms with van der Waals surface area (Å²) in [5, 5.41) is -0.560. The molecule has 10 heteroatoms. The molecule has 0 radical (unpaired) electrons. The molecule has 2 rings (SSSR count). The SMILES string of the molecule is N[C@H](c1ccc(OC(F)(F)F)cc1)c1c(C(F)(F)F)ccc(Cl)c1F. The lowest BCUT2D eigenvalue weighted by Gasteiger charge is -2.20. The maximum atomic E-state index is 14.1. The zero-order valence-electron chi connectivity index (χ0n) is 12.1. The van der Waals surface area contributed by atoms with Crippen LogP contribution in [-0.4, -0.2) is 6.36 Å². The van der Waals surface area contributed by atoms with Gasteiger partial charge in [0.05, 0.1) is 16.6 Å². The van der Waals surface area contributed by atoms with Gasteiger partial charge in [-0.2, -0.15) is 13.2 Å². The molecule has 0 fully saturated rings. The van der Waals surface area contributed by atoms with Gasteiger partial charge in [-0.25, -0.2) is 4.39 Å². The van der Waals surface area contributed by atoms with Crippen molar-refractivity contribution in [3.05, 3.63) is 63.9 Å². The molecule has 2 aromatic rings. The molecule has 0 aliphatic carbocycles. The Hall–Kier alpha value is -2.00. The van der Waals surface area contributed by atoms with Crippen LogP contribution >= 0.6 is 11.6 Å². The van der Waals surface area contributed by atoms with Gasteiger partial charge in [-0.1, -0.05) is 23.7 Å². The van der Waals surface area contributed by atoms with E-state index in [0.717, 1.165) is 30.3 Å². The Morgan fingerprint density at radius 3 is 1.96 bits per heavy atom. The molecule has 0 saturated heterocycles. The van der Waals surface area contributed by atoms with Crippen LogP contribution in [0.15, 0.2) is 36.4 Å². The summed E-state index contributed by atoms with van der Waals surface area (Å²) in [4.78, 5) is 0. The van der Waals surface area contributed by atoms with E-state index in [2.05, 4.69) is 4.74 Å². The highest BCUT2D eigenvalue weighted by Crippen LogP contribution is 2.39. The third-order valence-electron chi connectivity index (χ3n) is 3.22. The minimum atomic E-state index is -4.92. The number of benzene rings is 2. The first-order valence-corrected chi connectivity index (χ1v) is 6.94. The van der Waals surface area contributed by atoms with Gasteiger partial charge in [0.1, 0.15) is 11.6 Å². The van der Waals surface area contributed by atoms with E-state index in [-0.39, 0.29) is 5.56 Å². The quantitative estimate of drug-likeness (QED) is 0.711. The lowest BCUT2D eigenvalue weighted by molar-refractivity contribution is -0.274. The van der Waals surface area contributed by atoms with Gasteiger partial charge in [-0.05, 0) is 29.8 Å². The van der Waals surface area contributed by atoms with Gasteiger partial charge in [-0.15, -0.1) is 13.2 Å². The molecule has 1 atom stereocenters. The van der Waals surface area contributed by atoms with Crippen LogP contribution in [0.1, 0.15) is 22.7 Å². The first kappa shape index (κ1) is 19.3. The number of rotatable bonds is 3. The monoisotopic (exact) mass is 387 g/mol. The second-order valence-corrected chi connectivity index (χ2v) is 5.32. The summed E-state index contributed by atoms with van der Waals surface area (Å²) in [6.45, 7) is 0. The third kappa shape index (κ3) is 4.55. The van der Waals surface area contributed by atoms with Crippen LogP contribution < -0.4 is 10.5 Å². The summed E-state index contributed by atoms with van der Waals surface area (Å²) >= 11 is 5.52.